The Labute approximate surface area is 131 Å². The molecule has 0 aliphatic rings. The van der Waals surface area contributed by atoms with Gasteiger partial charge in [-0.1, -0.05) is 42.8 Å². The van der Waals surface area contributed by atoms with Crippen molar-refractivity contribution in [3.8, 4) is 0 Å². The standard InChI is InChI=1S/C17H22N2O3/c1-2-3-4-5-9-12-16(20)18-14-19-17(21)22-13-15-10-7-6-8-11-15/h2,6-8,10-11,14H,1,3-5,9,12-13H2,(H,18,19,20,21). The van der Waals surface area contributed by atoms with Crippen molar-refractivity contribution in [2.45, 2.75) is 38.7 Å². The molecule has 1 aromatic carbocycles. The van der Waals surface area contributed by atoms with E-state index < -0.39 is 6.09 Å². The number of allylic oxidation sites excluding steroid dienone is 1. The highest BCUT2D eigenvalue weighted by molar-refractivity contribution is 5.90. The van der Waals surface area contributed by atoms with Crippen LogP contribution in [0, 0.1) is 0 Å². The number of carbonyl (C=O) groups excluding carboxylic acids is 2. The summed E-state index contributed by atoms with van der Waals surface area (Å²) in [5.74, 6) is -0.154. The molecule has 2 amide bonds. The Bertz CT molecular complexity index is 498. The van der Waals surface area contributed by atoms with E-state index in [9.17, 15) is 9.59 Å². The van der Waals surface area contributed by atoms with Crippen LogP contribution in [0.5, 0.6) is 0 Å². The third-order valence-corrected chi connectivity index (χ3v) is 2.91. The molecule has 0 spiro atoms. The van der Waals surface area contributed by atoms with Crippen molar-refractivity contribution < 1.29 is 14.3 Å². The summed E-state index contributed by atoms with van der Waals surface area (Å²) in [5.41, 5.74) is 0.884. The molecule has 0 bridgehead atoms. The number of hydrogen-bond donors (Lipinski definition) is 1. The van der Waals surface area contributed by atoms with E-state index in [0.29, 0.717) is 6.42 Å². The molecule has 0 saturated heterocycles. The largest absolute Gasteiger partial charge is 0.443 e. The molecule has 0 aliphatic heterocycles. The summed E-state index contributed by atoms with van der Waals surface area (Å²) in [6.45, 7) is 3.81. The maximum atomic E-state index is 11.5. The molecule has 118 valence electrons. The van der Waals surface area contributed by atoms with E-state index in [2.05, 4.69) is 16.9 Å². The number of hydrogen-bond acceptors (Lipinski definition) is 3. The lowest BCUT2D eigenvalue weighted by Gasteiger charge is -2.01. The first-order chi connectivity index (χ1) is 10.7. The number of carbonyl (C=O) groups is 2. The van der Waals surface area contributed by atoms with Gasteiger partial charge in [-0.15, -0.1) is 6.58 Å². The number of benzene rings is 1. The van der Waals surface area contributed by atoms with Crippen molar-refractivity contribution in [1.29, 1.82) is 0 Å². The zero-order valence-corrected chi connectivity index (χ0v) is 12.7. The fourth-order valence-corrected chi connectivity index (χ4v) is 1.74. The predicted octanol–water partition coefficient (Wildman–Crippen LogP) is 3.60. The first kappa shape index (κ1) is 17.6. The van der Waals surface area contributed by atoms with Gasteiger partial charge in [0.05, 0.1) is 0 Å². The molecule has 22 heavy (non-hydrogen) atoms. The van der Waals surface area contributed by atoms with E-state index in [1.165, 1.54) is 0 Å². The second kappa shape index (κ2) is 11.3. The van der Waals surface area contributed by atoms with Crippen LogP contribution in [0.15, 0.2) is 48.0 Å². The Morgan fingerprint density at radius 2 is 1.95 bits per heavy atom. The van der Waals surface area contributed by atoms with E-state index in [4.69, 9.17) is 4.74 Å². The van der Waals surface area contributed by atoms with Crippen LogP contribution in [0.2, 0.25) is 0 Å². The van der Waals surface area contributed by atoms with Crippen LogP contribution in [0.4, 0.5) is 4.79 Å². The molecule has 0 aromatic heterocycles. The molecule has 0 aliphatic carbocycles. The van der Waals surface area contributed by atoms with Gasteiger partial charge in [-0.05, 0) is 24.8 Å². The van der Waals surface area contributed by atoms with E-state index in [0.717, 1.165) is 37.6 Å². The Morgan fingerprint density at radius 1 is 1.18 bits per heavy atom. The monoisotopic (exact) mass is 302 g/mol. The quantitative estimate of drug-likeness (QED) is 0.328. The van der Waals surface area contributed by atoms with Crippen LogP contribution < -0.4 is 5.32 Å². The highest BCUT2D eigenvalue weighted by Crippen LogP contribution is 2.03. The number of ether oxygens (including phenoxy) is 1. The normalized spacial score (nSPS) is 10.4. The lowest BCUT2D eigenvalue weighted by atomic mass is 10.1. The zero-order valence-electron chi connectivity index (χ0n) is 12.7. The minimum Gasteiger partial charge on any atom is -0.443 e. The van der Waals surface area contributed by atoms with Gasteiger partial charge >= 0.3 is 6.09 Å². The van der Waals surface area contributed by atoms with Crippen molar-refractivity contribution in [2.75, 3.05) is 0 Å². The number of rotatable bonds is 9. The molecule has 5 nitrogen and oxygen atoms in total. The molecule has 0 atom stereocenters. The van der Waals surface area contributed by atoms with Crippen LogP contribution in [-0.2, 0) is 16.1 Å². The van der Waals surface area contributed by atoms with Crippen LogP contribution in [-0.4, -0.2) is 18.3 Å². The molecule has 0 saturated carbocycles. The third-order valence-electron chi connectivity index (χ3n) is 2.91. The zero-order chi connectivity index (χ0) is 16.0. The van der Waals surface area contributed by atoms with Crippen molar-refractivity contribution in [2.24, 2.45) is 4.99 Å². The van der Waals surface area contributed by atoms with Gasteiger partial charge in [0.2, 0.25) is 5.91 Å². The fourth-order valence-electron chi connectivity index (χ4n) is 1.74. The lowest BCUT2D eigenvalue weighted by molar-refractivity contribution is -0.119. The maximum Gasteiger partial charge on any atom is 0.435 e. The van der Waals surface area contributed by atoms with E-state index >= 15 is 0 Å². The van der Waals surface area contributed by atoms with Gasteiger partial charge in [-0.2, -0.15) is 4.99 Å². The van der Waals surface area contributed by atoms with Crippen LogP contribution in [0.25, 0.3) is 0 Å². The van der Waals surface area contributed by atoms with Gasteiger partial charge in [-0.25, -0.2) is 4.79 Å². The number of nitrogens with one attached hydrogen (secondary N) is 1. The van der Waals surface area contributed by atoms with Crippen molar-refractivity contribution in [1.82, 2.24) is 5.32 Å². The molecular formula is C17H22N2O3. The first-order valence-corrected chi connectivity index (χ1v) is 7.36. The summed E-state index contributed by atoms with van der Waals surface area (Å²) >= 11 is 0. The molecule has 0 fully saturated rings. The smallest absolute Gasteiger partial charge is 0.435 e. The van der Waals surface area contributed by atoms with Crippen LogP contribution >= 0.6 is 0 Å². The minimum atomic E-state index is -0.727. The second-order valence-electron chi connectivity index (χ2n) is 4.75. The number of unbranched alkanes of at least 4 members (excludes halogenated alkanes) is 3. The molecule has 1 N–H and O–H groups in total. The summed E-state index contributed by atoms with van der Waals surface area (Å²) < 4.78 is 4.94. The van der Waals surface area contributed by atoms with Gasteiger partial charge in [0.1, 0.15) is 12.9 Å². The third kappa shape index (κ3) is 8.68. The predicted molar refractivity (Wildman–Crippen MR) is 86.5 cm³/mol. The summed E-state index contributed by atoms with van der Waals surface area (Å²) in [6.07, 6.45) is 6.44. The molecule has 1 rings (SSSR count). The average molecular weight is 302 g/mol. The molecule has 0 radical (unpaired) electrons. The van der Waals surface area contributed by atoms with Crippen molar-refractivity contribution in [3.05, 3.63) is 48.6 Å². The highest BCUT2D eigenvalue weighted by atomic mass is 16.5. The molecule has 5 heteroatoms. The number of nitrogens with zero attached hydrogens (tertiary/aromatic N) is 1. The van der Waals surface area contributed by atoms with Crippen LogP contribution in [0.1, 0.15) is 37.7 Å². The SMILES string of the molecule is C=CCCCCCC(=O)NC=NC(=O)OCc1ccccc1. The maximum absolute atomic E-state index is 11.5. The Kier molecular flexibility index (Phi) is 9.01. The molecule has 0 heterocycles. The Morgan fingerprint density at radius 3 is 2.68 bits per heavy atom. The van der Waals surface area contributed by atoms with E-state index in [1.807, 2.05) is 36.4 Å². The Hall–Kier alpha value is -2.43. The summed E-state index contributed by atoms with van der Waals surface area (Å²) in [6, 6.07) is 9.32. The second-order valence-corrected chi connectivity index (χ2v) is 4.75. The summed E-state index contributed by atoms with van der Waals surface area (Å²) in [7, 11) is 0. The molecule has 0 unspecified atom stereocenters. The van der Waals surface area contributed by atoms with Gasteiger partial charge < -0.3 is 10.1 Å². The number of aliphatic imine (C=N–C) groups is 1. The van der Waals surface area contributed by atoms with Gasteiger partial charge in [0.15, 0.2) is 0 Å². The number of amides is 2. The Balaban J connectivity index is 2.12. The van der Waals surface area contributed by atoms with Crippen molar-refractivity contribution >= 4 is 18.3 Å². The van der Waals surface area contributed by atoms with Crippen molar-refractivity contribution in [3.63, 3.8) is 0 Å². The topological polar surface area (TPSA) is 67.8 Å². The molecule has 1 aromatic rings. The van der Waals surface area contributed by atoms with E-state index in [-0.39, 0.29) is 12.5 Å². The summed E-state index contributed by atoms with van der Waals surface area (Å²) in [4.78, 5) is 26.3. The van der Waals surface area contributed by atoms with Gasteiger partial charge in [-0.3, -0.25) is 4.79 Å². The lowest BCUT2D eigenvalue weighted by Crippen LogP contribution is -2.21. The van der Waals surface area contributed by atoms with Gasteiger partial charge in [0.25, 0.3) is 0 Å². The fraction of sp³-hybridized carbons (Fsp3) is 0.353. The van der Waals surface area contributed by atoms with E-state index in [1.54, 1.807) is 0 Å². The molecular weight excluding hydrogens is 280 g/mol. The first-order valence-electron chi connectivity index (χ1n) is 7.36. The minimum absolute atomic E-state index is 0.154. The summed E-state index contributed by atoms with van der Waals surface area (Å²) in [5, 5.41) is 2.45. The van der Waals surface area contributed by atoms with Gasteiger partial charge in [0, 0.05) is 6.42 Å². The highest BCUT2D eigenvalue weighted by Gasteiger charge is 2.01. The van der Waals surface area contributed by atoms with Crippen LogP contribution in [0.3, 0.4) is 0 Å². The average Bonchev–Trinajstić information content (AvgIpc) is 2.54.